The summed E-state index contributed by atoms with van der Waals surface area (Å²) < 4.78 is 0. The summed E-state index contributed by atoms with van der Waals surface area (Å²) in [5.74, 6) is 0.254. The number of allylic oxidation sites excluding steroid dienone is 2. The van der Waals surface area contributed by atoms with Crippen LogP contribution in [0.25, 0.3) is 0 Å². The fraction of sp³-hybridized carbons (Fsp3) is 0.789. The quantitative estimate of drug-likeness (QED) is 0.419. The molecule has 1 aliphatic carbocycles. The van der Waals surface area contributed by atoms with Crippen LogP contribution in [0, 0.1) is 0 Å². The Balaban J connectivity index is 1.89. The van der Waals surface area contributed by atoms with E-state index >= 15 is 0 Å². The Morgan fingerprint density at radius 1 is 1.09 bits per heavy atom. The van der Waals surface area contributed by atoms with E-state index in [0.29, 0.717) is 12.8 Å². The maximum Gasteiger partial charge on any atom is 0.220 e. The minimum atomic E-state index is -0.192. The predicted octanol–water partition coefficient (Wildman–Crippen LogP) is 4.70. The van der Waals surface area contributed by atoms with E-state index in [1.54, 1.807) is 0 Å². The summed E-state index contributed by atoms with van der Waals surface area (Å²) in [6.07, 6.45) is 18.3. The molecule has 126 valence electrons. The van der Waals surface area contributed by atoms with Gasteiger partial charge in [0.1, 0.15) is 0 Å². The average molecular weight is 307 g/mol. The fourth-order valence-electron chi connectivity index (χ4n) is 2.88. The molecule has 0 saturated heterocycles. The van der Waals surface area contributed by atoms with Crippen LogP contribution in [0.3, 0.4) is 0 Å². The molecule has 0 radical (unpaired) electrons. The van der Waals surface area contributed by atoms with Crippen LogP contribution in [0.2, 0.25) is 0 Å². The van der Waals surface area contributed by atoms with Gasteiger partial charge in [0.25, 0.3) is 0 Å². The van der Waals surface area contributed by atoms with Crippen molar-refractivity contribution in [3.05, 3.63) is 12.2 Å². The van der Waals surface area contributed by atoms with Gasteiger partial charge in [0.2, 0.25) is 5.91 Å². The summed E-state index contributed by atoms with van der Waals surface area (Å²) in [6, 6.07) is -0.192. The molecule has 1 aliphatic rings. The highest BCUT2D eigenvalue weighted by molar-refractivity contribution is 5.90. The third-order valence-corrected chi connectivity index (χ3v) is 4.31. The standard InChI is InChI=1S/C19H33NO2/c1-2-3-4-5-6-7-8-9-10-11-12-16-19(22)20-17-14-13-15-18(17)21/h7-8,17H,2-6,9-16H2,1H3,(H,20,22)/b8-7+/t17-/m1/s1. The topological polar surface area (TPSA) is 46.2 Å². The van der Waals surface area contributed by atoms with Gasteiger partial charge in [0.05, 0.1) is 6.04 Å². The van der Waals surface area contributed by atoms with E-state index in [2.05, 4.69) is 24.4 Å². The molecule has 0 aromatic carbocycles. The minimum Gasteiger partial charge on any atom is -0.346 e. The molecule has 1 fully saturated rings. The molecule has 1 atom stereocenters. The van der Waals surface area contributed by atoms with E-state index in [-0.39, 0.29) is 17.7 Å². The van der Waals surface area contributed by atoms with E-state index in [0.717, 1.165) is 38.5 Å². The Bertz CT molecular complexity index is 349. The molecule has 1 saturated carbocycles. The first-order valence-corrected chi connectivity index (χ1v) is 9.21. The molecule has 0 bridgehead atoms. The number of Topliss-reactive ketones (excluding diaryl/α,β-unsaturated/α-hetero) is 1. The highest BCUT2D eigenvalue weighted by atomic mass is 16.2. The van der Waals surface area contributed by atoms with Gasteiger partial charge in [-0.1, -0.05) is 44.8 Å². The first-order chi connectivity index (χ1) is 10.7. The van der Waals surface area contributed by atoms with Crippen LogP contribution >= 0.6 is 0 Å². The molecule has 0 aliphatic heterocycles. The Morgan fingerprint density at radius 3 is 2.36 bits per heavy atom. The maximum atomic E-state index is 11.7. The lowest BCUT2D eigenvalue weighted by Crippen LogP contribution is -2.37. The van der Waals surface area contributed by atoms with Gasteiger partial charge >= 0.3 is 0 Å². The largest absolute Gasteiger partial charge is 0.346 e. The molecule has 1 rings (SSSR count). The Morgan fingerprint density at radius 2 is 1.77 bits per heavy atom. The highest BCUT2D eigenvalue weighted by Crippen LogP contribution is 2.14. The van der Waals surface area contributed by atoms with Gasteiger partial charge in [-0.2, -0.15) is 0 Å². The lowest BCUT2D eigenvalue weighted by atomic mass is 10.1. The molecule has 22 heavy (non-hydrogen) atoms. The van der Waals surface area contributed by atoms with E-state index in [9.17, 15) is 9.59 Å². The Kier molecular flexibility index (Phi) is 10.7. The number of hydrogen-bond acceptors (Lipinski definition) is 2. The zero-order valence-corrected chi connectivity index (χ0v) is 14.2. The molecule has 3 nitrogen and oxygen atoms in total. The van der Waals surface area contributed by atoms with Gasteiger partial charge in [-0.3, -0.25) is 9.59 Å². The second kappa shape index (κ2) is 12.4. The third kappa shape index (κ3) is 9.01. The lowest BCUT2D eigenvalue weighted by molar-refractivity contribution is -0.126. The van der Waals surface area contributed by atoms with Crippen molar-refractivity contribution in [2.45, 2.75) is 96.4 Å². The first-order valence-electron chi connectivity index (χ1n) is 9.21. The Labute approximate surface area is 135 Å². The first kappa shape index (κ1) is 18.9. The van der Waals surface area contributed by atoms with E-state index < -0.39 is 0 Å². The maximum absolute atomic E-state index is 11.7. The van der Waals surface area contributed by atoms with Crippen molar-refractivity contribution in [2.24, 2.45) is 0 Å². The highest BCUT2D eigenvalue weighted by Gasteiger charge is 2.25. The molecular weight excluding hydrogens is 274 g/mol. The molecule has 0 heterocycles. The van der Waals surface area contributed by atoms with Crippen LogP contribution in [0.5, 0.6) is 0 Å². The smallest absolute Gasteiger partial charge is 0.220 e. The molecule has 0 unspecified atom stereocenters. The van der Waals surface area contributed by atoms with E-state index in [4.69, 9.17) is 0 Å². The normalized spacial score (nSPS) is 18.2. The minimum absolute atomic E-state index is 0.0479. The number of ketones is 1. The van der Waals surface area contributed by atoms with E-state index in [1.165, 1.54) is 32.1 Å². The van der Waals surface area contributed by atoms with Crippen molar-refractivity contribution in [3.8, 4) is 0 Å². The SMILES string of the molecule is CCCCCC/C=C/CCCCCC(=O)N[C@@H]1CCCC1=O. The summed E-state index contributed by atoms with van der Waals surface area (Å²) in [6.45, 7) is 2.24. The van der Waals surface area contributed by atoms with Crippen LogP contribution in [0.1, 0.15) is 90.4 Å². The Hall–Kier alpha value is -1.12. The van der Waals surface area contributed by atoms with Gasteiger partial charge in [-0.05, 0) is 44.9 Å². The summed E-state index contributed by atoms with van der Waals surface area (Å²) in [7, 11) is 0. The van der Waals surface area contributed by atoms with Crippen molar-refractivity contribution >= 4 is 11.7 Å². The molecule has 0 aromatic rings. The number of rotatable bonds is 12. The van der Waals surface area contributed by atoms with Gasteiger partial charge in [-0.25, -0.2) is 0 Å². The van der Waals surface area contributed by atoms with Gasteiger partial charge in [-0.15, -0.1) is 0 Å². The number of nitrogens with one attached hydrogen (secondary N) is 1. The molecule has 0 aromatic heterocycles. The second-order valence-electron chi connectivity index (χ2n) is 6.40. The van der Waals surface area contributed by atoms with Crippen LogP contribution in [0.4, 0.5) is 0 Å². The van der Waals surface area contributed by atoms with Crippen molar-refractivity contribution in [3.63, 3.8) is 0 Å². The number of carbonyl (C=O) groups excluding carboxylic acids is 2. The van der Waals surface area contributed by atoms with Crippen LogP contribution < -0.4 is 5.32 Å². The number of hydrogen-bond donors (Lipinski definition) is 1. The van der Waals surface area contributed by atoms with Gasteiger partial charge in [0.15, 0.2) is 5.78 Å². The number of carbonyl (C=O) groups is 2. The van der Waals surface area contributed by atoms with Crippen molar-refractivity contribution in [1.29, 1.82) is 0 Å². The predicted molar refractivity (Wildman–Crippen MR) is 91.8 cm³/mol. The van der Waals surface area contributed by atoms with Crippen molar-refractivity contribution in [1.82, 2.24) is 5.32 Å². The number of amides is 1. The monoisotopic (exact) mass is 307 g/mol. The van der Waals surface area contributed by atoms with Gasteiger partial charge in [0, 0.05) is 12.8 Å². The van der Waals surface area contributed by atoms with Crippen molar-refractivity contribution in [2.75, 3.05) is 0 Å². The van der Waals surface area contributed by atoms with Crippen LogP contribution in [-0.4, -0.2) is 17.7 Å². The number of unbranched alkanes of at least 4 members (excludes halogenated alkanes) is 7. The molecule has 1 N–H and O–H groups in total. The van der Waals surface area contributed by atoms with Crippen LogP contribution in [0.15, 0.2) is 12.2 Å². The fourth-order valence-corrected chi connectivity index (χ4v) is 2.88. The molecular formula is C19H33NO2. The van der Waals surface area contributed by atoms with E-state index in [1.807, 2.05) is 0 Å². The van der Waals surface area contributed by atoms with Crippen LogP contribution in [-0.2, 0) is 9.59 Å². The summed E-state index contributed by atoms with van der Waals surface area (Å²) in [5, 5.41) is 2.86. The van der Waals surface area contributed by atoms with Crippen molar-refractivity contribution < 1.29 is 9.59 Å². The average Bonchev–Trinajstić information content (AvgIpc) is 2.90. The molecule has 0 spiro atoms. The van der Waals surface area contributed by atoms with Gasteiger partial charge < -0.3 is 5.32 Å². The second-order valence-corrected chi connectivity index (χ2v) is 6.40. The third-order valence-electron chi connectivity index (χ3n) is 4.31. The lowest BCUT2D eigenvalue weighted by Gasteiger charge is -2.10. The molecule has 3 heteroatoms. The summed E-state index contributed by atoms with van der Waals surface area (Å²) in [5.41, 5.74) is 0. The zero-order chi connectivity index (χ0) is 16.0. The zero-order valence-electron chi connectivity index (χ0n) is 14.2. The summed E-state index contributed by atoms with van der Waals surface area (Å²) >= 11 is 0. The molecule has 1 amide bonds. The summed E-state index contributed by atoms with van der Waals surface area (Å²) in [4.78, 5) is 23.2.